The van der Waals surface area contributed by atoms with Crippen LogP contribution < -0.4 is 0 Å². The van der Waals surface area contributed by atoms with Gasteiger partial charge in [0, 0.05) is 12.1 Å². The molecule has 0 saturated heterocycles. The summed E-state index contributed by atoms with van der Waals surface area (Å²) >= 11 is 5.89. The van der Waals surface area contributed by atoms with Crippen molar-refractivity contribution in [1.29, 1.82) is 5.26 Å². The maximum absolute atomic E-state index is 12.9. The van der Waals surface area contributed by atoms with Gasteiger partial charge in [0.05, 0.1) is 22.7 Å². The zero-order chi connectivity index (χ0) is 39.2. The number of aryl methyl sites for hydroxylation is 1. The van der Waals surface area contributed by atoms with E-state index in [1.807, 2.05) is 17.6 Å². The molecule has 0 saturated carbocycles. The van der Waals surface area contributed by atoms with Crippen LogP contribution in [0.4, 0.5) is 52.7 Å². The number of nitriles is 1. The molecule has 0 aliphatic heterocycles. The minimum Gasteiger partial charge on any atom is -0.741 e. The molecule has 0 N–H and O–H groups in total. The van der Waals surface area contributed by atoms with E-state index in [0.717, 1.165) is 12.1 Å². The largest absolute Gasteiger partial charge is 3.00 e. The zero-order valence-corrected chi connectivity index (χ0v) is 28.1. The van der Waals surface area contributed by atoms with Gasteiger partial charge in [-0.05, 0) is 25.1 Å². The number of benzene rings is 1. The van der Waals surface area contributed by atoms with Crippen LogP contribution in [0.25, 0.3) is 22.3 Å². The minimum atomic E-state index is -6.09. The topological polar surface area (TPSA) is 226 Å². The van der Waals surface area contributed by atoms with Crippen LogP contribution in [0, 0.1) is 58.3 Å². The van der Waals surface area contributed by atoms with Gasteiger partial charge in [-0.25, -0.2) is 35.2 Å². The van der Waals surface area contributed by atoms with E-state index < -0.39 is 58.6 Å². The SMILES string of the molecule is CCn1c(CCl)nc2c(C#N)nc(-c3cccc(C(F)(F)F)c3)cc21.O=S(=O)([O-])C(F)(F)F.O=S(=O)([O-])C(F)(F)F.O=S(=O)([O-])C(F)(F)F.[Yb+3]. The smallest absolute Gasteiger partial charge is 0.741 e. The summed E-state index contributed by atoms with van der Waals surface area (Å²) in [7, 11) is -18.3. The van der Waals surface area contributed by atoms with E-state index in [0.29, 0.717) is 23.4 Å². The second-order valence-corrected chi connectivity index (χ2v) is 12.4. The van der Waals surface area contributed by atoms with Gasteiger partial charge in [-0.15, -0.1) is 11.6 Å². The van der Waals surface area contributed by atoms with Gasteiger partial charge in [0.2, 0.25) is 0 Å². The monoisotopic (exact) mass is 985 g/mol. The normalized spacial score (nSPS) is 12.6. The summed E-state index contributed by atoms with van der Waals surface area (Å²) in [5.74, 6) is 0.741. The molecular weight excluding hydrogens is 973 g/mol. The zero-order valence-electron chi connectivity index (χ0n) is 23.2. The van der Waals surface area contributed by atoms with E-state index in [1.54, 1.807) is 6.07 Å². The third-order valence-electron chi connectivity index (χ3n) is 4.69. The molecule has 3 aromatic rings. The third kappa shape index (κ3) is 14.9. The summed E-state index contributed by atoms with van der Waals surface area (Å²) < 4.78 is 217. The van der Waals surface area contributed by atoms with Crippen molar-refractivity contribution in [2.24, 2.45) is 0 Å². The Morgan fingerprint density at radius 2 is 1.18 bits per heavy atom. The number of halogens is 13. The summed E-state index contributed by atoms with van der Waals surface area (Å²) in [5, 5.41) is 9.36. The first-order valence-corrected chi connectivity index (χ1v) is 16.0. The number of nitrogens with zero attached hydrogens (tertiary/aromatic N) is 4. The first kappa shape index (κ1) is 50.1. The average Bonchev–Trinajstić information content (AvgIpc) is 3.27. The van der Waals surface area contributed by atoms with E-state index in [9.17, 15) is 57.9 Å². The van der Waals surface area contributed by atoms with Gasteiger partial charge in [0.25, 0.3) is 0 Å². The predicted octanol–water partition coefficient (Wildman–Crippen LogP) is 4.90. The molecule has 13 nitrogen and oxygen atoms in total. The number of pyridine rings is 1. The van der Waals surface area contributed by atoms with Crippen LogP contribution in [-0.2, 0) is 49.0 Å². The van der Waals surface area contributed by atoms with Crippen molar-refractivity contribution in [2.75, 3.05) is 0 Å². The summed E-state index contributed by atoms with van der Waals surface area (Å²) in [6.07, 6.45) is -4.45. The molecule has 1 radical (unpaired) electrons. The molecular formula is C20H12ClF12N4O9S3Yb. The Morgan fingerprint density at radius 1 is 0.780 bits per heavy atom. The molecule has 0 bridgehead atoms. The van der Waals surface area contributed by atoms with Gasteiger partial charge in [-0.2, -0.15) is 57.9 Å². The second-order valence-electron chi connectivity index (χ2n) is 8.02. The Bertz CT molecular complexity index is 1890. The van der Waals surface area contributed by atoms with Gasteiger partial charge in [0.15, 0.2) is 36.0 Å². The van der Waals surface area contributed by atoms with Crippen molar-refractivity contribution >= 4 is 53.0 Å². The Kier molecular flexibility index (Phi) is 18.2. The van der Waals surface area contributed by atoms with E-state index in [4.69, 9.17) is 50.5 Å². The molecule has 0 amide bonds. The van der Waals surface area contributed by atoms with Gasteiger partial charge in [-0.3, -0.25) is 0 Å². The quantitative estimate of drug-likeness (QED) is 0.148. The van der Waals surface area contributed by atoms with E-state index >= 15 is 0 Å². The molecule has 1 aromatic carbocycles. The molecule has 0 unspecified atom stereocenters. The Morgan fingerprint density at radius 3 is 1.48 bits per heavy atom. The van der Waals surface area contributed by atoms with Crippen molar-refractivity contribution in [3.05, 3.63) is 47.4 Å². The van der Waals surface area contributed by atoms with Crippen molar-refractivity contribution in [2.45, 2.75) is 42.0 Å². The first-order chi connectivity index (χ1) is 21.6. The van der Waals surface area contributed by atoms with Crippen LogP contribution in [0.5, 0.6) is 0 Å². The minimum absolute atomic E-state index is 0. The standard InChI is InChI=1S/C17H12ClF3N4.3CHF3O3S.Yb/c1-2-25-14-7-12(10-4-3-5-11(6-10)17(19,20)21)23-13(9-22)16(14)24-15(25)8-18;3*2-1(3,4)8(5,6)7;/h3-7H,2,8H2,1H3;3*(H,5,6,7);/q;;;;+3/p-3. The Balaban J connectivity index is 0. The van der Waals surface area contributed by atoms with Crippen LogP contribution >= 0.6 is 11.6 Å². The van der Waals surface area contributed by atoms with E-state index in [1.165, 1.54) is 12.1 Å². The molecule has 3 rings (SSSR count). The van der Waals surface area contributed by atoms with Crippen LogP contribution in [0.1, 0.15) is 24.0 Å². The van der Waals surface area contributed by atoms with E-state index in [2.05, 4.69) is 9.97 Å². The summed E-state index contributed by atoms with van der Waals surface area (Å²) in [4.78, 5) is 8.52. The molecule has 30 heteroatoms. The van der Waals surface area contributed by atoms with Gasteiger partial charge < -0.3 is 18.2 Å². The fourth-order valence-corrected chi connectivity index (χ4v) is 2.91. The van der Waals surface area contributed by atoms with E-state index in [-0.39, 0.29) is 69.8 Å². The maximum Gasteiger partial charge on any atom is 3.00 e. The molecule has 289 valence electrons. The average molecular weight is 985 g/mol. The van der Waals surface area contributed by atoms with Crippen LogP contribution in [-0.4, -0.2) is 70.0 Å². The second kappa shape index (κ2) is 18.2. The van der Waals surface area contributed by atoms with Crippen LogP contribution in [0.3, 0.4) is 0 Å². The van der Waals surface area contributed by atoms with Crippen LogP contribution in [0.15, 0.2) is 30.3 Å². The molecule has 0 fully saturated rings. The first-order valence-electron chi connectivity index (χ1n) is 11.2. The van der Waals surface area contributed by atoms with Crippen LogP contribution in [0.2, 0.25) is 0 Å². The number of alkyl halides is 13. The van der Waals surface area contributed by atoms with Gasteiger partial charge in [0.1, 0.15) is 17.4 Å². The number of aromatic nitrogens is 3. The van der Waals surface area contributed by atoms with Gasteiger partial charge >= 0.3 is 69.6 Å². The fraction of sp³-hybridized carbons (Fsp3) is 0.350. The van der Waals surface area contributed by atoms with Crippen molar-refractivity contribution in [1.82, 2.24) is 14.5 Å². The summed E-state index contributed by atoms with van der Waals surface area (Å²) in [6, 6.07) is 8.46. The van der Waals surface area contributed by atoms with Gasteiger partial charge in [-0.1, -0.05) is 12.1 Å². The van der Waals surface area contributed by atoms with Crippen molar-refractivity contribution in [3.8, 4) is 17.3 Å². The number of fused-ring (bicyclic) bond motifs is 1. The molecule has 2 aromatic heterocycles. The van der Waals surface area contributed by atoms with Crippen molar-refractivity contribution in [3.63, 3.8) is 0 Å². The number of hydrogen-bond donors (Lipinski definition) is 0. The number of hydrogen-bond acceptors (Lipinski definition) is 12. The molecule has 2 heterocycles. The molecule has 0 atom stereocenters. The molecule has 0 aliphatic rings. The fourth-order valence-electron chi connectivity index (χ4n) is 2.70. The Hall–Kier alpha value is -1.97. The Labute approximate surface area is 315 Å². The molecule has 50 heavy (non-hydrogen) atoms. The maximum atomic E-state index is 12.9. The third-order valence-corrected chi connectivity index (χ3v) is 6.63. The van der Waals surface area contributed by atoms with Crippen molar-refractivity contribution < 1.29 is 139 Å². The summed E-state index contributed by atoms with van der Waals surface area (Å²) in [5.41, 5.74) is -16.1. The number of imidazole rings is 1. The number of rotatable bonds is 3. The molecule has 0 aliphatic carbocycles. The predicted molar refractivity (Wildman–Crippen MR) is 135 cm³/mol. The summed E-state index contributed by atoms with van der Waals surface area (Å²) in [6.45, 7) is 2.46. The molecule has 0 spiro atoms.